The van der Waals surface area contributed by atoms with E-state index in [0.29, 0.717) is 24.3 Å². The van der Waals surface area contributed by atoms with Crippen molar-refractivity contribution in [3.05, 3.63) is 58.9 Å². The highest BCUT2D eigenvalue weighted by molar-refractivity contribution is 6.02. The largest absolute Gasteiger partial charge is 0.465 e. The first kappa shape index (κ1) is 19.3. The smallest absolute Gasteiger partial charge is 0.338 e. The minimum Gasteiger partial charge on any atom is -0.465 e. The number of benzene rings is 1. The average molecular weight is 384 g/mol. The van der Waals surface area contributed by atoms with Crippen molar-refractivity contribution in [1.29, 1.82) is 0 Å². The Labute approximate surface area is 161 Å². The molecule has 146 valence electrons. The van der Waals surface area contributed by atoms with Gasteiger partial charge in [0.25, 0.3) is 5.91 Å². The predicted molar refractivity (Wildman–Crippen MR) is 98.3 cm³/mol. The van der Waals surface area contributed by atoms with E-state index in [0.717, 1.165) is 12.8 Å². The van der Waals surface area contributed by atoms with Gasteiger partial charge in [0.2, 0.25) is 5.78 Å². The summed E-state index contributed by atoms with van der Waals surface area (Å²) in [7, 11) is 1.27. The first-order valence-corrected chi connectivity index (χ1v) is 8.86. The molecule has 1 amide bonds. The number of H-pyrrole nitrogens is 1. The Morgan fingerprint density at radius 2 is 1.57 bits per heavy atom. The second-order valence-corrected chi connectivity index (χ2v) is 6.37. The number of hydrogen-bond donors (Lipinski definition) is 1. The number of methoxy groups -OCH3 is 1. The average Bonchev–Trinajstić information content (AvgIpc) is 3.43. The molecule has 1 saturated heterocycles. The number of carbonyl (C=O) groups is 4. The minimum absolute atomic E-state index is 0.140. The lowest BCUT2D eigenvalue weighted by atomic mass is 10.1. The fraction of sp³-hybridized carbons (Fsp3) is 0.300. The van der Waals surface area contributed by atoms with Crippen molar-refractivity contribution in [2.24, 2.45) is 0 Å². The maximum absolute atomic E-state index is 12.3. The number of nitrogens with one attached hydrogen (secondary N) is 1. The van der Waals surface area contributed by atoms with Gasteiger partial charge in [0.15, 0.2) is 6.61 Å². The number of nitrogens with zero attached hydrogens (tertiary/aromatic N) is 1. The first-order chi connectivity index (χ1) is 13.5. The van der Waals surface area contributed by atoms with Crippen LogP contribution in [-0.4, -0.2) is 60.3 Å². The van der Waals surface area contributed by atoms with Crippen LogP contribution in [0, 0.1) is 0 Å². The van der Waals surface area contributed by atoms with Crippen LogP contribution >= 0.6 is 0 Å². The zero-order valence-electron chi connectivity index (χ0n) is 15.4. The molecule has 0 saturated carbocycles. The molecule has 0 aliphatic carbocycles. The van der Waals surface area contributed by atoms with Crippen LogP contribution in [0.15, 0.2) is 36.5 Å². The van der Waals surface area contributed by atoms with Gasteiger partial charge in [0.05, 0.1) is 18.2 Å². The summed E-state index contributed by atoms with van der Waals surface area (Å²) in [6.07, 6.45) is 3.40. The molecule has 8 heteroatoms. The highest BCUT2D eigenvalue weighted by Gasteiger charge is 2.22. The summed E-state index contributed by atoms with van der Waals surface area (Å²) < 4.78 is 9.61. The number of rotatable bonds is 6. The van der Waals surface area contributed by atoms with E-state index in [-0.39, 0.29) is 17.0 Å². The lowest BCUT2D eigenvalue weighted by Gasteiger charge is -2.13. The summed E-state index contributed by atoms with van der Waals surface area (Å²) in [6.45, 7) is 0.980. The zero-order chi connectivity index (χ0) is 20.1. The lowest BCUT2D eigenvalue weighted by Crippen LogP contribution is -2.27. The van der Waals surface area contributed by atoms with Gasteiger partial charge in [0, 0.05) is 24.8 Å². The second kappa shape index (κ2) is 8.51. The number of likely N-dealkylation sites (tertiary alicyclic amines) is 1. The van der Waals surface area contributed by atoms with Crippen molar-refractivity contribution in [2.75, 3.05) is 26.8 Å². The third-order valence-corrected chi connectivity index (χ3v) is 4.50. The number of ether oxygens (including phenoxy) is 2. The van der Waals surface area contributed by atoms with E-state index >= 15 is 0 Å². The van der Waals surface area contributed by atoms with Gasteiger partial charge in [-0.15, -0.1) is 0 Å². The van der Waals surface area contributed by atoms with Crippen molar-refractivity contribution in [1.82, 2.24) is 9.88 Å². The molecule has 0 unspecified atom stereocenters. The van der Waals surface area contributed by atoms with Crippen LogP contribution in [0.2, 0.25) is 0 Å². The van der Waals surface area contributed by atoms with Gasteiger partial charge in [-0.05, 0) is 43.2 Å². The third-order valence-electron chi connectivity index (χ3n) is 4.50. The SMILES string of the molecule is COC(=O)c1ccc(C(=O)OCC(=O)c2c[nH]c(C(=O)N3CCCC3)c2)cc1. The molecular formula is C20H20N2O6. The Balaban J connectivity index is 1.55. The topological polar surface area (TPSA) is 106 Å². The summed E-state index contributed by atoms with van der Waals surface area (Å²) in [4.78, 5) is 52.5. The second-order valence-electron chi connectivity index (χ2n) is 6.37. The van der Waals surface area contributed by atoms with Crippen LogP contribution in [0.1, 0.15) is 54.4 Å². The fourth-order valence-electron chi connectivity index (χ4n) is 2.93. The van der Waals surface area contributed by atoms with Crippen LogP contribution in [0.3, 0.4) is 0 Å². The van der Waals surface area contributed by atoms with Crippen molar-refractivity contribution in [2.45, 2.75) is 12.8 Å². The standard InChI is InChI=1S/C20H20N2O6/c1-27-19(25)13-4-6-14(7-5-13)20(26)28-12-17(23)15-10-16(21-11-15)18(24)22-8-2-3-9-22/h4-7,10-11,21H,2-3,8-9,12H2,1H3. The monoisotopic (exact) mass is 384 g/mol. The zero-order valence-corrected chi connectivity index (χ0v) is 15.4. The summed E-state index contributed by atoms with van der Waals surface area (Å²) in [5.74, 6) is -1.76. The Kier molecular flexibility index (Phi) is 5.88. The summed E-state index contributed by atoms with van der Waals surface area (Å²) >= 11 is 0. The van der Waals surface area contributed by atoms with Gasteiger partial charge in [-0.3, -0.25) is 9.59 Å². The van der Waals surface area contributed by atoms with Crippen molar-refractivity contribution < 1.29 is 28.7 Å². The highest BCUT2D eigenvalue weighted by Crippen LogP contribution is 2.14. The van der Waals surface area contributed by atoms with Crippen LogP contribution in [0.5, 0.6) is 0 Å². The van der Waals surface area contributed by atoms with E-state index in [1.165, 1.54) is 43.6 Å². The van der Waals surface area contributed by atoms with Crippen molar-refractivity contribution in [3.8, 4) is 0 Å². The maximum Gasteiger partial charge on any atom is 0.338 e. The third kappa shape index (κ3) is 4.28. The Morgan fingerprint density at radius 3 is 2.18 bits per heavy atom. The van der Waals surface area contributed by atoms with Gasteiger partial charge >= 0.3 is 11.9 Å². The maximum atomic E-state index is 12.3. The number of Topliss-reactive ketones (excluding diaryl/α,β-unsaturated/α-hetero) is 1. The molecule has 3 rings (SSSR count). The number of amides is 1. The molecule has 0 atom stereocenters. The van der Waals surface area contributed by atoms with Crippen LogP contribution in [0.25, 0.3) is 0 Å². The molecule has 0 spiro atoms. The molecule has 28 heavy (non-hydrogen) atoms. The molecule has 0 radical (unpaired) electrons. The quantitative estimate of drug-likeness (QED) is 0.604. The van der Waals surface area contributed by atoms with Crippen molar-refractivity contribution in [3.63, 3.8) is 0 Å². The number of carbonyl (C=O) groups excluding carboxylic acids is 4. The first-order valence-electron chi connectivity index (χ1n) is 8.86. The number of aromatic amines is 1. The molecule has 1 N–H and O–H groups in total. The van der Waals surface area contributed by atoms with Crippen LogP contribution in [-0.2, 0) is 9.47 Å². The van der Waals surface area contributed by atoms with Gasteiger partial charge in [-0.25, -0.2) is 9.59 Å². The Bertz CT molecular complexity index is 894. The molecule has 1 aliphatic heterocycles. The molecule has 1 aromatic carbocycles. The molecule has 2 heterocycles. The molecule has 2 aromatic rings. The number of hydrogen-bond acceptors (Lipinski definition) is 6. The molecule has 1 fully saturated rings. The Hall–Kier alpha value is -3.42. The molecule has 0 bridgehead atoms. The van der Waals surface area contributed by atoms with Gasteiger partial charge in [0.1, 0.15) is 5.69 Å². The van der Waals surface area contributed by atoms with E-state index < -0.39 is 24.3 Å². The number of esters is 2. The van der Waals surface area contributed by atoms with Crippen molar-refractivity contribution >= 4 is 23.6 Å². The fourth-order valence-corrected chi connectivity index (χ4v) is 2.93. The summed E-state index contributed by atoms with van der Waals surface area (Å²) in [5.41, 5.74) is 1.13. The van der Waals surface area contributed by atoms with E-state index in [1.54, 1.807) is 4.90 Å². The van der Waals surface area contributed by atoms with Gasteiger partial charge in [-0.1, -0.05) is 0 Å². The predicted octanol–water partition coefficient (Wildman–Crippen LogP) is 2.08. The summed E-state index contributed by atoms with van der Waals surface area (Å²) in [6, 6.07) is 7.19. The number of aromatic nitrogens is 1. The molecular weight excluding hydrogens is 364 g/mol. The van der Waals surface area contributed by atoms with Gasteiger partial charge in [-0.2, -0.15) is 0 Å². The normalized spacial score (nSPS) is 13.2. The van der Waals surface area contributed by atoms with E-state index in [2.05, 4.69) is 9.72 Å². The number of ketones is 1. The van der Waals surface area contributed by atoms with Crippen LogP contribution in [0.4, 0.5) is 0 Å². The molecule has 8 nitrogen and oxygen atoms in total. The van der Waals surface area contributed by atoms with E-state index in [4.69, 9.17) is 4.74 Å². The Morgan fingerprint density at radius 1 is 0.964 bits per heavy atom. The van der Waals surface area contributed by atoms with E-state index in [9.17, 15) is 19.2 Å². The van der Waals surface area contributed by atoms with Crippen LogP contribution < -0.4 is 0 Å². The lowest BCUT2D eigenvalue weighted by molar-refractivity contribution is 0.0474. The summed E-state index contributed by atoms with van der Waals surface area (Å²) in [5, 5.41) is 0. The molecule has 1 aliphatic rings. The highest BCUT2D eigenvalue weighted by atomic mass is 16.5. The molecule has 1 aromatic heterocycles. The minimum atomic E-state index is -0.686. The van der Waals surface area contributed by atoms with Gasteiger partial charge < -0.3 is 19.4 Å². The van der Waals surface area contributed by atoms with E-state index in [1.807, 2.05) is 0 Å².